The first-order chi connectivity index (χ1) is 8.59. The quantitative estimate of drug-likeness (QED) is 0.653. The summed E-state index contributed by atoms with van der Waals surface area (Å²) in [6.07, 6.45) is 3.74. The van der Waals surface area contributed by atoms with Crippen molar-refractivity contribution in [3.63, 3.8) is 0 Å². The van der Waals surface area contributed by atoms with E-state index >= 15 is 0 Å². The summed E-state index contributed by atoms with van der Waals surface area (Å²) in [5, 5.41) is 0.583. The lowest BCUT2D eigenvalue weighted by Gasteiger charge is -2.10. The minimum absolute atomic E-state index is 0.521. The fraction of sp³-hybridized carbons (Fsp3) is 0. The summed E-state index contributed by atoms with van der Waals surface area (Å²) < 4.78 is 21.0. The van der Waals surface area contributed by atoms with Crippen LogP contribution in [0.5, 0.6) is 0 Å². The van der Waals surface area contributed by atoms with Gasteiger partial charge < -0.3 is 0 Å². The van der Waals surface area contributed by atoms with E-state index in [9.17, 15) is 4.21 Å². The smallest absolute Gasteiger partial charge is 0.102 e. The minimum atomic E-state index is -2.98. The molecule has 1 aliphatic rings. The predicted octanol–water partition coefficient (Wildman–Crippen LogP) is 4.29. The van der Waals surface area contributed by atoms with Crippen LogP contribution < -0.4 is 0 Å². The SMILES string of the molecule is N=S1(=O)c2ccccc2C=Cc2cc(Cl)ccc21. The highest BCUT2D eigenvalue weighted by atomic mass is 35.5. The Morgan fingerprint density at radius 3 is 2.44 bits per heavy atom. The summed E-state index contributed by atoms with van der Waals surface area (Å²) >= 11 is 5.95. The molecule has 0 radical (unpaired) electrons. The van der Waals surface area contributed by atoms with Gasteiger partial charge in [0.1, 0.15) is 9.73 Å². The molecule has 0 saturated heterocycles. The van der Waals surface area contributed by atoms with E-state index in [4.69, 9.17) is 16.4 Å². The van der Waals surface area contributed by atoms with Gasteiger partial charge in [-0.15, -0.1) is 0 Å². The Bertz CT molecular complexity index is 763. The fourth-order valence-corrected chi connectivity index (χ4v) is 3.96. The molecule has 1 heterocycles. The van der Waals surface area contributed by atoms with Crippen LogP contribution in [0.25, 0.3) is 12.2 Å². The van der Waals surface area contributed by atoms with Gasteiger partial charge in [0.05, 0.1) is 9.79 Å². The second-order valence-corrected chi connectivity index (χ2v) is 6.54. The van der Waals surface area contributed by atoms with Crippen molar-refractivity contribution in [1.82, 2.24) is 0 Å². The van der Waals surface area contributed by atoms with Crippen LogP contribution >= 0.6 is 11.6 Å². The first-order valence-electron chi connectivity index (χ1n) is 5.44. The molecular weight excluding hydrogens is 266 g/mol. The van der Waals surface area contributed by atoms with E-state index in [-0.39, 0.29) is 0 Å². The maximum atomic E-state index is 12.8. The van der Waals surface area contributed by atoms with Crippen LogP contribution in [-0.4, -0.2) is 4.21 Å². The van der Waals surface area contributed by atoms with Crippen molar-refractivity contribution in [2.45, 2.75) is 9.79 Å². The zero-order chi connectivity index (χ0) is 12.8. The number of hydrogen-bond acceptors (Lipinski definition) is 2. The van der Waals surface area contributed by atoms with Crippen LogP contribution in [0.2, 0.25) is 5.02 Å². The zero-order valence-corrected chi connectivity index (χ0v) is 11.0. The van der Waals surface area contributed by atoms with Gasteiger partial charge in [-0.25, -0.2) is 8.99 Å². The van der Waals surface area contributed by atoms with Gasteiger partial charge >= 0.3 is 0 Å². The standard InChI is InChI=1S/C14H10ClNOS/c15-12-7-8-14-11(9-12)6-5-10-3-1-2-4-13(10)18(14,16)17/h1-9,16H. The van der Waals surface area contributed by atoms with Crippen molar-refractivity contribution < 1.29 is 4.21 Å². The number of hydrogen-bond donors (Lipinski definition) is 1. The van der Waals surface area contributed by atoms with Gasteiger partial charge in [-0.3, -0.25) is 0 Å². The molecule has 2 aromatic rings. The van der Waals surface area contributed by atoms with E-state index in [1.165, 1.54) is 0 Å². The van der Waals surface area contributed by atoms with Crippen molar-refractivity contribution in [3.05, 3.63) is 58.6 Å². The Morgan fingerprint density at radius 1 is 0.944 bits per heavy atom. The molecule has 1 N–H and O–H groups in total. The van der Waals surface area contributed by atoms with E-state index in [1.807, 2.05) is 30.4 Å². The third-order valence-corrected chi connectivity index (χ3v) is 5.17. The summed E-state index contributed by atoms with van der Waals surface area (Å²) in [7, 11) is -2.98. The van der Waals surface area contributed by atoms with E-state index in [1.54, 1.807) is 24.3 Å². The van der Waals surface area contributed by atoms with E-state index in [0.29, 0.717) is 14.8 Å². The van der Waals surface area contributed by atoms with Crippen LogP contribution in [0.4, 0.5) is 0 Å². The molecule has 3 rings (SSSR count). The molecular formula is C14H10ClNOS. The first-order valence-corrected chi connectivity index (χ1v) is 7.38. The molecule has 2 nitrogen and oxygen atoms in total. The Kier molecular flexibility index (Phi) is 2.54. The average molecular weight is 276 g/mol. The molecule has 0 aliphatic carbocycles. The lowest BCUT2D eigenvalue weighted by molar-refractivity contribution is 0.674. The van der Waals surface area contributed by atoms with Gasteiger partial charge in [0, 0.05) is 5.02 Å². The summed E-state index contributed by atoms with van der Waals surface area (Å²) in [4.78, 5) is 1.08. The number of benzene rings is 2. The minimum Gasteiger partial charge on any atom is -0.245 e. The molecule has 0 aromatic heterocycles. The molecule has 1 atom stereocenters. The second kappa shape index (κ2) is 3.97. The molecule has 1 unspecified atom stereocenters. The van der Waals surface area contributed by atoms with Gasteiger partial charge in [-0.05, 0) is 35.4 Å². The normalized spacial score (nSPS) is 20.9. The highest BCUT2D eigenvalue weighted by Gasteiger charge is 2.21. The van der Waals surface area contributed by atoms with Crippen LogP contribution in [0.15, 0.2) is 52.3 Å². The van der Waals surface area contributed by atoms with E-state index in [2.05, 4.69) is 0 Å². The van der Waals surface area contributed by atoms with Crippen molar-refractivity contribution in [3.8, 4) is 0 Å². The molecule has 0 saturated carbocycles. The van der Waals surface area contributed by atoms with Gasteiger partial charge in [0.2, 0.25) is 0 Å². The number of halogens is 1. The summed E-state index contributed by atoms with van der Waals surface area (Å²) in [6.45, 7) is 0. The third kappa shape index (κ3) is 1.67. The molecule has 4 heteroatoms. The van der Waals surface area contributed by atoms with Gasteiger partial charge in [-0.2, -0.15) is 0 Å². The fourth-order valence-electron chi connectivity index (χ4n) is 2.09. The third-order valence-electron chi connectivity index (χ3n) is 2.95. The van der Waals surface area contributed by atoms with Gasteiger partial charge in [0.15, 0.2) is 0 Å². The Morgan fingerprint density at radius 2 is 1.61 bits per heavy atom. The summed E-state index contributed by atoms with van der Waals surface area (Å²) in [5.74, 6) is 0. The maximum Gasteiger partial charge on any atom is 0.102 e. The Balaban J connectivity index is 2.41. The van der Waals surface area contributed by atoms with Crippen molar-refractivity contribution in [1.29, 1.82) is 4.78 Å². The Labute approximate surface area is 111 Å². The van der Waals surface area contributed by atoms with Crippen LogP contribution in [0.3, 0.4) is 0 Å². The highest BCUT2D eigenvalue weighted by Crippen LogP contribution is 2.33. The number of nitrogens with one attached hydrogen (secondary N) is 1. The monoisotopic (exact) mass is 275 g/mol. The number of rotatable bonds is 0. The largest absolute Gasteiger partial charge is 0.245 e. The topological polar surface area (TPSA) is 40.9 Å². The molecule has 18 heavy (non-hydrogen) atoms. The highest BCUT2D eigenvalue weighted by molar-refractivity contribution is 7.92. The average Bonchev–Trinajstić information content (AvgIpc) is 2.46. The van der Waals surface area contributed by atoms with E-state index < -0.39 is 9.73 Å². The molecule has 1 aliphatic heterocycles. The molecule has 2 aromatic carbocycles. The van der Waals surface area contributed by atoms with Crippen molar-refractivity contribution in [2.75, 3.05) is 0 Å². The number of fused-ring (bicyclic) bond motifs is 2. The van der Waals surface area contributed by atoms with Crippen LogP contribution in [-0.2, 0) is 9.73 Å². The predicted molar refractivity (Wildman–Crippen MR) is 74.2 cm³/mol. The van der Waals surface area contributed by atoms with Crippen LogP contribution in [0.1, 0.15) is 11.1 Å². The Hall–Kier alpha value is -1.58. The maximum absolute atomic E-state index is 12.8. The van der Waals surface area contributed by atoms with Crippen molar-refractivity contribution >= 4 is 33.5 Å². The molecule has 0 amide bonds. The first kappa shape index (κ1) is 11.5. The van der Waals surface area contributed by atoms with E-state index in [0.717, 1.165) is 11.1 Å². The van der Waals surface area contributed by atoms with Gasteiger partial charge in [0.25, 0.3) is 0 Å². The zero-order valence-electron chi connectivity index (χ0n) is 9.39. The summed E-state index contributed by atoms with van der Waals surface area (Å²) in [5.41, 5.74) is 1.57. The molecule has 90 valence electrons. The lowest BCUT2D eigenvalue weighted by atomic mass is 10.1. The summed E-state index contributed by atoms with van der Waals surface area (Å²) in [6, 6.07) is 12.4. The molecule has 0 fully saturated rings. The molecule has 0 spiro atoms. The lowest BCUT2D eigenvalue weighted by Crippen LogP contribution is -2.02. The second-order valence-electron chi connectivity index (χ2n) is 4.11. The molecule has 0 bridgehead atoms. The van der Waals surface area contributed by atoms with Crippen molar-refractivity contribution in [2.24, 2.45) is 0 Å². The van der Waals surface area contributed by atoms with Gasteiger partial charge in [-0.1, -0.05) is 42.0 Å². The van der Waals surface area contributed by atoms with Crippen LogP contribution in [0, 0.1) is 4.78 Å².